The summed E-state index contributed by atoms with van der Waals surface area (Å²) in [5.41, 5.74) is 0.403. The molecule has 1 heterocycles. The summed E-state index contributed by atoms with van der Waals surface area (Å²) in [6.07, 6.45) is 2.16. The third-order valence-electron chi connectivity index (χ3n) is 3.21. The molecular formula is C13H13BrClNO3. The number of piperidine rings is 1. The number of carbonyl (C=O) groups excluding carboxylic acids is 1. The number of amides is 1. The number of benzene rings is 1. The second-order valence-electron chi connectivity index (χ2n) is 4.47. The largest absolute Gasteiger partial charge is 0.480 e. The minimum atomic E-state index is -0.953. The van der Waals surface area contributed by atoms with Crippen LogP contribution < -0.4 is 0 Å². The van der Waals surface area contributed by atoms with Gasteiger partial charge in [0.2, 0.25) is 0 Å². The van der Waals surface area contributed by atoms with E-state index < -0.39 is 12.0 Å². The number of carbonyl (C=O) groups is 2. The van der Waals surface area contributed by atoms with Crippen molar-refractivity contribution >= 4 is 39.4 Å². The molecule has 1 aromatic rings. The lowest BCUT2D eigenvalue weighted by atomic mass is 10.0. The van der Waals surface area contributed by atoms with Gasteiger partial charge in [-0.1, -0.05) is 11.6 Å². The van der Waals surface area contributed by atoms with Crippen molar-refractivity contribution in [3.8, 4) is 0 Å². The first kappa shape index (κ1) is 14.3. The molecule has 0 unspecified atom stereocenters. The number of likely N-dealkylation sites (tertiary alicyclic amines) is 1. The molecule has 0 spiro atoms. The number of rotatable bonds is 2. The van der Waals surface area contributed by atoms with Crippen molar-refractivity contribution in [1.29, 1.82) is 0 Å². The highest BCUT2D eigenvalue weighted by molar-refractivity contribution is 9.10. The Morgan fingerprint density at radius 3 is 2.79 bits per heavy atom. The fraction of sp³-hybridized carbons (Fsp3) is 0.385. The Morgan fingerprint density at radius 2 is 2.11 bits per heavy atom. The van der Waals surface area contributed by atoms with E-state index in [1.807, 2.05) is 0 Å². The van der Waals surface area contributed by atoms with Crippen LogP contribution in [-0.2, 0) is 4.79 Å². The summed E-state index contributed by atoms with van der Waals surface area (Å²) in [5.74, 6) is -1.24. The molecule has 0 aliphatic carbocycles. The van der Waals surface area contributed by atoms with Crippen molar-refractivity contribution < 1.29 is 14.7 Å². The molecule has 102 valence electrons. The predicted molar refractivity (Wildman–Crippen MR) is 75.5 cm³/mol. The molecule has 1 aliphatic heterocycles. The molecule has 1 saturated heterocycles. The smallest absolute Gasteiger partial charge is 0.326 e. The van der Waals surface area contributed by atoms with E-state index in [9.17, 15) is 14.7 Å². The minimum Gasteiger partial charge on any atom is -0.480 e. The van der Waals surface area contributed by atoms with E-state index in [4.69, 9.17) is 11.6 Å². The molecule has 6 heteroatoms. The molecule has 19 heavy (non-hydrogen) atoms. The molecule has 2 rings (SSSR count). The fourth-order valence-corrected chi connectivity index (χ4v) is 2.84. The molecule has 1 atom stereocenters. The first-order valence-electron chi connectivity index (χ1n) is 5.99. The van der Waals surface area contributed by atoms with E-state index in [-0.39, 0.29) is 5.91 Å². The Hall–Kier alpha value is -1.07. The topological polar surface area (TPSA) is 57.6 Å². The van der Waals surface area contributed by atoms with E-state index >= 15 is 0 Å². The lowest BCUT2D eigenvalue weighted by Gasteiger charge is -2.33. The minimum absolute atomic E-state index is 0.290. The first-order valence-corrected chi connectivity index (χ1v) is 7.16. The fourth-order valence-electron chi connectivity index (χ4n) is 2.25. The highest BCUT2D eigenvalue weighted by Gasteiger charge is 2.33. The summed E-state index contributed by atoms with van der Waals surface area (Å²) in [6.45, 7) is 0.467. The predicted octanol–water partition coefficient (Wildman–Crippen LogP) is 3.18. The zero-order chi connectivity index (χ0) is 14.0. The number of hydrogen-bond acceptors (Lipinski definition) is 2. The number of carboxylic acids is 1. The summed E-state index contributed by atoms with van der Waals surface area (Å²) in [7, 11) is 0. The third kappa shape index (κ3) is 3.09. The zero-order valence-electron chi connectivity index (χ0n) is 10.1. The van der Waals surface area contributed by atoms with Crippen molar-refractivity contribution in [1.82, 2.24) is 4.90 Å². The second-order valence-corrected chi connectivity index (χ2v) is 5.76. The van der Waals surface area contributed by atoms with Gasteiger partial charge in [0.15, 0.2) is 0 Å². The first-order chi connectivity index (χ1) is 9.00. The van der Waals surface area contributed by atoms with Gasteiger partial charge in [-0.05, 0) is 53.4 Å². The Bertz CT molecular complexity index is 521. The number of aliphatic carboxylic acids is 1. The van der Waals surface area contributed by atoms with Crippen LogP contribution >= 0.6 is 27.5 Å². The molecule has 0 aromatic heterocycles. The number of carboxylic acid groups (broad SMARTS) is 1. The highest BCUT2D eigenvalue weighted by atomic mass is 79.9. The average molecular weight is 347 g/mol. The molecule has 1 aliphatic rings. The van der Waals surface area contributed by atoms with Gasteiger partial charge in [0.25, 0.3) is 5.91 Å². The van der Waals surface area contributed by atoms with Gasteiger partial charge in [-0.3, -0.25) is 4.79 Å². The zero-order valence-corrected chi connectivity index (χ0v) is 12.4. The molecule has 0 saturated carbocycles. The average Bonchev–Trinajstić information content (AvgIpc) is 2.40. The van der Waals surface area contributed by atoms with Crippen molar-refractivity contribution in [2.45, 2.75) is 25.3 Å². The van der Waals surface area contributed by atoms with Gasteiger partial charge in [-0.25, -0.2) is 4.79 Å². The van der Waals surface area contributed by atoms with Crippen LogP contribution in [0.15, 0.2) is 22.7 Å². The van der Waals surface area contributed by atoms with Gasteiger partial charge in [0.1, 0.15) is 6.04 Å². The monoisotopic (exact) mass is 345 g/mol. The Balaban J connectivity index is 2.31. The summed E-state index contributed by atoms with van der Waals surface area (Å²) in [5, 5.41) is 9.65. The highest BCUT2D eigenvalue weighted by Crippen LogP contribution is 2.26. The van der Waals surface area contributed by atoms with E-state index in [0.717, 1.165) is 12.8 Å². The summed E-state index contributed by atoms with van der Waals surface area (Å²) >= 11 is 9.19. The van der Waals surface area contributed by atoms with E-state index in [1.54, 1.807) is 18.2 Å². The standard InChI is InChI=1S/C13H13BrClNO3/c14-10-5-4-8(15)7-9(10)12(17)16-6-2-1-3-11(16)13(18)19/h4-5,7,11H,1-3,6H2,(H,18,19)/t11-/m1/s1. The molecule has 1 fully saturated rings. The van der Waals surface area contributed by atoms with Crippen LogP contribution in [-0.4, -0.2) is 34.5 Å². The number of halogens is 2. The van der Waals surface area contributed by atoms with Crippen molar-refractivity contribution in [2.75, 3.05) is 6.54 Å². The van der Waals surface area contributed by atoms with Gasteiger partial charge in [0, 0.05) is 16.0 Å². The van der Waals surface area contributed by atoms with Crippen LogP contribution in [0.3, 0.4) is 0 Å². The molecule has 4 nitrogen and oxygen atoms in total. The quantitative estimate of drug-likeness (QED) is 0.895. The van der Waals surface area contributed by atoms with Gasteiger partial charge < -0.3 is 10.0 Å². The maximum atomic E-state index is 12.5. The molecule has 0 radical (unpaired) electrons. The molecule has 1 aromatic carbocycles. The van der Waals surface area contributed by atoms with Crippen molar-refractivity contribution in [2.24, 2.45) is 0 Å². The van der Waals surface area contributed by atoms with Crippen LogP contribution in [0.2, 0.25) is 5.02 Å². The van der Waals surface area contributed by atoms with Crippen molar-refractivity contribution in [3.05, 3.63) is 33.3 Å². The summed E-state index contributed by atoms with van der Waals surface area (Å²) < 4.78 is 0.622. The third-order valence-corrected chi connectivity index (χ3v) is 4.13. The Morgan fingerprint density at radius 1 is 1.37 bits per heavy atom. The van der Waals surface area contributed by atoms with Gasteiger partial charge in [-0.15, -0.1) is 0 Å². The Labute approximate surface area is 124 Å². The summed E-state index contributed by atoms with van der Waals surface area (Å²) in [4.78, 5) is 25.1. The van der Waals surface area contributed by atoms with Gasteiger partial charge >= 0.3 is 5.97 Å². The van der Waals surface area contributed by atoms with Crippen LogP contribution in [0, 0.1) is 0 Å². The lowest BCUT2D eigenvalue weighted by Crippen LogP contribution is -2.48. The van der Waals surface area contributed by atoms with Crippen LogP contribution in [0.4, 0.5) is 0 Å². The maximum absolute atomic E-state index is 12.5. The van der Waals surface area contributed by atoms with E-state index in [2.05, 4.69) is 15.9 Å². The summed E-state index contributed by atoms with van der Waals surface area (Å²) in [6, 6.07) is 4.18. The molecule has 1 amide bonds. The van der Waals surface area contributed by atoms with Crippen LogP contribution in [0.1, 0.15) is 29.6 Å². The van der Waals surface area contributed by atoms with Crippen LogP contribution in [0.5, 0.6) is 0 Å². The molecule has 0 bridgehead atoms. The second kappa shape index (κ2) is 5.92. The number of hydrogen-bond donors (Lipinski definition) is 1. The molecule has 1 N–H and O–H groups in total. The maximum Gasteiger partial charge on any atom is 0.326 e. The SMILES string of the molecule is O=C(O)[C@H]1CCCCN1C(=O)c1cc(Cl)ccc1Br. The lowest BCUT2D eigenvalue weighted by molar-refractivity contribution is -0.143. The Kier molecular flexibility index (Phi) is 4.47. The van der Waals surface area contributed by atoms with Crippen molar-refractivity contribution in [3.63, 3.8) is 0 Å². The normalized spacial score (nSPS) is 19.3. The molecular weight excluding hydrogens is 334 g/mol. The van der Waals surface area contributed by atoms with E-state index in [1.165, 1.54) is 4.90 Å². The van der Waals surface area contributed by atoms with E-state index in [0.29, 0.717) is 28.0 Å². The number of nitrogens with zero attached hydrogens (tertiary/aromatic N) is 1. The van der Waals surface area contributed by atoms with Crippen LogP contribution in [0.25, 0.3) is 0 Å². The van der Waals surface area contributed by atoms with Gasteiger partial charge in [0.05, 0.1) is 5.56 Å². The van der Waals surface area contributed by atoms with Gasteiger partial charge in [-0.2, -0.15) is 0 Å².